The van der Waals surface area contributed by atoms with Crippen LogP contribution in [0.4, 0.5) is 0 Å². The Morgan fingerprint density at radius 1 is 1.25 bits per heavy atom. The molecular formula is C18H25N5S. The van der Waals surface area contributed by atoms with Gasteiger partial charge in [0.1, 0.15) is 0 Å². The second-order valence-electron chi connectivity index (χ2n) is 6.34. The SMILES string of the molecule is CCn1cccc1[C@H]1[C@@H](c2ccccn2)NC(=S)N1CCN(C)C. The first kappa shape index (κ1) is 16.9. The van der Waals surface area contributed by atoms with Crippen LogP contribution in [0.3, 0.4) is 0 Å². The topological polar surface area (TPSA) is 36.3 Å². The van der Waals surface area contributed by atoms with Gasteiger partial charge in [-0.15, -0.1) is 0 Å². The highest BCUT2D eigenvalue weighted by Gasteiger charge is 2.40. The van der Waals surface area contributed by atoms with Crippen LogP contribution in [0.25, 0.3) is 0 Å². The molecule has 1 saturated heterocycles. The molecule has 6 heteroatoms. The number of hydrogen-bond donors (Lipinski definition) is 1. The molecule has 2 aromatic heterocycles. The molecule has 0 radical (unpaired) electrons. The minimum Gasteiger partial charge on any atom is -0.352 e. The van der Waals surface area contributed by atoms with Gasteiger partial charge in [-0.2, -0.15) is 0 Å². The van der Waals surface area contributed by atoms with Gasteiger partial charge in [-0.3, -0.25) is 4.98 Å². The van der Waals surface area contributed by atoms with Gasteiger partial charge in [0.05, 0.1) is 17.8 Å². The molecule has 128 valence electrons. The number of aromatic nitrogens is 2. The molecule has 1 N–H and O–H groups in total. The fourth-order valence-corrected chi connectivity index (χ4v) is 3.59. The van der Waals surface area contributed by atoms with Crippen molar-refractivity contribution in [2.75, 3.05) is 27.2 Å². The molecule has 2 atom stereocenters. The maximum absolute atomic E-state index is 5.66. The van der Waals surface area contributed by atoms with Crippen LogP contribution in [-0.2, 0) is 6.54 Å². The number of nitrogens with zero attached hydrogens (tertiary/aromatic N) is 4. The lowest BCUT2D eigenvalue weighted by molar-refractivity contribution is 0.269. The lowest BCUT2D eigenvalue weighted by Crippen LogP contribution is -2.36. The molecule has 1 aliphatic heterocycles. The van der Waals surface area contributed by atoms with Crippen molar-refractivity contribution in [2.24, 2.45) is 0 Å². The minimum atomic E-state index is 0.0704. The van der Waals surface area contributed by atoms with E-state index in [1.165, 1.54) is 5.69 Å². The maximum Gasteiger partial charge on any atom is 0.170 e. The van der Waals surface area contributed by atoms with Crippen molar-refractivity contribution in [3.05, 3.63) is 54.1 Å². The van der Waals surface area contributed by atoms with Crippen LogP contribution in [-0.4, -0.2) is 51.6 Å². The molecule has 0 bridgehead atoms. The van der Waals surface area contributed by atoms with E-state index in [1.807, 2.05) is 18.3 Å². The Balaban J connectivity index is 1.98. The Labute approximate surface area is 149 Å². The highest BCUT2D eigenvalue weighted by molar-refractivity contribution is 7.80. The first-order valence-corrected chi connectivity index (χ1v) is 8.80. The Bertz CT molecular complexity index is 682. The largest absolute Gasteiger partial charge is 0.352 e. The summed E-state index contributed by atoms with van der Waals surface area (Å²) in [6, 6.07) is 10.6. The predicted molar refractivity (Wildman–Crippen MR) is 101 cm³/mol. The summed E-state index contributed by atoms with van der Waals surface area (Å²) in [4.78, 5) is 9.06. The summed E-state index contributed by atoms with van der Waals surface area (Å²) in [6.07, 6.45) is 3.98. The third-order valence-electron chi connectivity index (χ3n) is 4.49. The van der Waals surface area contributed by atoms with E-state index in [9.17, 15) is 0 Å². The molecule has 0 aromatic carbocycles. The second kappa shape index (κ2) is 7.32. The van der Waals surface area contributed by atoms with Crippen LogP contribution in [0.2, 0.25) is 0 Å². The third kappa shape index (κ3) is 3.30. The number of aryl methyl sites for hydroxylation is 1. The fraction of sp³-hybridized carbons (Fsp3) is 0.444. The molecule has 0 amide bonds. The van der Waals surface area contributed by atoms with Gasteiger partial charge in [0.2, 0.25) is 0 Å². The minimum absolute atomic E-state index is 0.0704. The fourth-order valence-electron chi connectivity index (χ4n) is 3.26. The van der Waals surface area contributed by atoms with Crippen LogP contribution in [0.5, 0.6) is 0 Å². The van der Waals surface area contributed by atoms with Gasteiger partial charge in [-0.25, -0.2) is 0 Å². The van der Waals surface area contributed by atoms with Gasteiger partial charge in [-0.05, 0) is 57.5 Å². The molecule has 0 saturated carbocycles. The molecule has 3 rings (SSSR count). The Morgan fingerprint density at radius 2 is 2.08 bits per heavy atom. The Morgan fingerprint density at radius 3 is 2.75 bits per heavy atom. The average Bonchev–Trinajstić information content (AvgIpc) is 3.17. The molecule has 1 aliphatic rings. The van der Waals surface area contributed by atoms with E-state index >= 15 is 0 Å². The van der Waals surface area contributed by atoms with E-state index in [2.05, 4.69) is 70.1 Å². The number of thiocarbonyl (C=S) groups is 1. The standard InChI is InChI=1S/C18H25N5S/c1-4-22-11-7-9-15(22)17-16(14-8-5-6-10-19-14)20-18(24)23(17)13-12-21(2)3/h5-11,16-17H,4,12-13H2,1-3H3,(H,20,24)/t16-,17+/m1/s1. The summed E-state index contributed by atoms with van der Waals surface area (Å²) in [7, 11) is 4.18. The molecule has 24 heavy (non-hydrogen) atoms. The lowest BCUT2D eigenvalue weighted by atomic mass is 10.0. The second-order valence-corrected chi connectivity index (χ2v) is 6.73. The van der Waals surface area contributed by atoms with Crippen molar-refractivity contribution in [1.29, 1.82) is 0 Å². The van der Waals surface area contributed by atoms with Crippen molar-refractivity contribution in [3.63, 3.8) is 0 Å². The molecule has 2 aromatic rings. The monoisotopic (exact) mass is 343 g/mol. The van der Waals surface area contributed by atoms with E-state index in [0.717, 1.165) is 30.4 Å². The average molecular weight is 344 g/mol. The van der Waals surface area contributed by atoms with Gasteiger partial charge in [0.25, 0.3) is 0 Å². The molecule has 5 nitrogen and oxygen atoms in total. The zero-order valence-corrected chi connectivity index (χ0v) is 15.3. The van der Waals surface area contributed by atoms with Crippen LogP contribution in [0.1, 0.15) is 30.4 Å². The quantitative estimate of drug-likeness (QED) is 0.815. The summed E-state index contributed by atoms with van der Waals surface area (Å²) >= 11 is 5.66. The molecule has 0 spiro atoms. The first-order chi connectivity index (χ1) is 11.6. The van der Waals surface area contributed by atoms with Gasteiger partial charge in [-0.1, -0.05) is 6.07 Å². The summed E-state index contributed by atoms with van der Waals surface area (Å²) < 4.78 is 2.29. The van der Waals surface area contributed by atoms with Gasteiger partial charge in [0, 0.05) is 37.7 Å². The summed E-state index contributed by atoms with van der Waals surface area (Å²) in [5.41, 5.74) is 2.31. The smallest absolute Gasteiger partial charge is 0.170 e. The molecule has 1 fully saturated rings. The highest BCUT2D eigenvalue weighted by atomic mass is 32.1. The number of hydrogen-bond acceptors (Lipinski definition) is 3. The first-order valence-electron chi connectivity index (χ1n) is 8.39. The van der Waals surface area contributed by atoms with Crippen molar-refractivity contribution in [3.8, 4) is 0 Å². The van der Waals surface area contributed by atoms with Crippen LogP contribution >= 0.6 is 12.2 Å². The zero-order valence-electron chi connectivity index (χ0n) is 14.5. The lowest BCUT2D eigenvalue weighted by Gasteiger charge is -2.29. The summed E-state index contributed by atoms with van der Waals surface area (Å²) in [5.74, 6) is 0. The van der Waals surface area contributed by atoms with Crippen LogP contribution in [0.15, 0.2) is 42.7 Å². The summed E-state index contributed by atoms with van der Waals surface area (Å²) in [6.45, 7) is 4.97. The van der Waals surface area contributed by atoms with Gasteiger partial charge in [0.15, 0.2) is 5.11 Å². The molecule has 3 heterocycles. The predicted octanol–water partition coefficient (Wildman–Crippen LogP) is 2.44. The number of nitrogens with one attached hydrogen (secondary N) is 1. The molecule has 0 unspecified atom stereocenters. The number of pyridine rings is 1. The normalized spacial score (nSPS) is 20.7. The van der Waals surface area contributed by atoms with Crippen molar-refractivity contribution in [2.45, 2.75) is 25.6 Å². The van der Waals surface area contributed by atoms with Crippen molar-refractivity contribution in [1.82, 2.24) is 24.7 Å². The van der Waals surface area contributed by atoms with E-state index in [4.69, 9.17) is 12.2 Å². The number of likely N-dealkylation sites (N-methyl/N-ethyl adjacent to an activating group) is 1. The molecule has 0 aliphatic carbocycles. The van der Waals surface area contributed by atoms with Crippen LogP contribution < -0.4 is 5.32 Å². The van der Waals surface area contributed by atoms with Crippen molar-refractivity contribution >= 4 is 17.3 Å². The van der Waals surface area contributed by atoms with Crippen molar-refractivity contribution < 1.29 is 0 Å². The van der Waals surface area contributed by atoms with E-state index in [-0.39, 0.29) is 12.1 Å². The number of rotatable bonds is 6. The third-order valence-corrected chi connectivity index (χ3v) is 4.85. The summed E-state index contributed by atoms with van der Waals surface area (Å²) in [5, 5.41) is 4.30. The van der Waals surface area contributed by atoms with Crippen LogP contribution in [0, 0.1) is 0 Å². The maximum atomic E-state index is 5.66. The Kier molecular flexibility index (Phi) is 5.16. The van der Waals surface area contributed by atoms with E-state index in [0.29, 0.717) is 0 Å². The zero-order chi connectivity index (χ0) is 17.1. The molecular weight excluding hydrogens is 318 g/mol. The highest BCUT2D eigenvalue weighted by Crippen LogP contribution is 2.38. The van der Waals surface area contributed by atoms with Gasteiger partial charge >= 0.3 is 0 Å². The Hall–Kier alpha value is -1.92. The van der Waals surface area contributed by atoms with E-state index in [1.54, 1.807) is 0 Å². The van der Waals surface area contributed by atoms with Gasteiger partial charge < -0.3 is 19.7 Å². The van der Waals surface area contributed by atoms with E-state index < -0.39 is 0 Å².